The van der Waals surface area contributed by atoms with Crippen LogP contribution in [0.1, 0.15) is 19.8 Å². The molecule has 7 atom stereocenters. The van der Waals surface area contributed by atoms with Crippen molar-refractivity contribution >= 4 is 37.7 Å². The van der Waals surface area contributed by atoms with E-state index in [2.05, 4.69) is 40.5 Å². The van der Waals surface area contributed by atoms with E-state index in [1.807, 2.05) is 0 Å². The molecule has 1 rings (SSSR count). The van der Waals surface area contributed by atoms with Crippen LogP contribution in [0.5, 0.6) is 0 Å². The number of aliphatic hydroxyl groups is 3. The zero-order chi connectivity index (χ0) is 36.1. The minimum Gasteiger partial charge on any atom is -0.446 e. The third-order valence-electron chi connectivity index (χ3n) is 6.03. The van der Waals surface area contributed by atoms with Crippen LogP contribution in [0.2, 0.25) is 0 Å². The van der Waals surface area contributed by atoms with Crippen LogP contribution in [0, 0.1) is 0 Å². The number of phosphoric acid groups is 1. The molecule has 0 spiro atoms. The average molecular weight is 722 g/mol. The maximum absolute atomic E-state index is 12.2. The van der Waals surface area contributed by atoms with Gasteiger partial charge in [-0.2, -0.15) is 0 Å². The van der Waals surface area contributed by atoms with E-state index < -0.39 is 107 Å². The van der Waals surface area contributed by atoms with Crippen molar-refractivity contribution in [2.75, 3.05) is 66.3 Å². The lowest BCUT2D eigenvalue weighted by Crippen LogP contribution is -2.64. The van der Waals surface area contributed by atoms with Gasteiger partial charge >= 0.3 is 20.0 Å². The highest BCUT2D eigenvalue weighted by atomic mass is 31.2. The van der Waals surface area contributed by atoms with E-state index in [1.54, 1.807) is 0 Å². The first-order chi connectivity index (χ1) is 22.7. The van der Waals surface area contributed by atoms with Gasteiger partial charge in [-0.1, -0.05) is 0 Å². The highest BCUT2D eigenvalue weighted by molar-refractivity contribution is 7.47. The zero-order valence-corrected chi connectivity index (χ0v) is 27.1. The summed E-state index contributed by atoms with van der Waals surface area (Å²) >= 11 is 0. The number of phosphoric ester groups is 1. The van der Waals surface area contributed by atoms with E-state index in [1.165, 1.54) is 6.92 Å². The van der Waals surface area contributed by atoms with Crippen molar-refractivity contribution in [3.63, 3.8) is 0 Å². The number of nitrogens with one attached hydrogen (secondary N) is 5. The average Bonchev–Trinajstić information content (AvgIpc) is 3.05. The van der Waals surface area contributed by atoms with Gasteiger partial charge < -0.3 is 65.7 Å². The molecule has 0 bridgehead atoms. The minimum absolute atomic E-state index is 0.00913. The van der Waals surface area contributed by atoms with Crippen molar-refractivity contribution in [1.29, 1.82) is 0 Å². The summed E-state index contributed by atoms with van der Waals surface area (Å²) in [6.07, 6.45) is -8.59. The summed E-state index contributed by atoms with van der Waals surface area (Å²) in [5.41, 5.74) is 0. The van der Waals surface area contributed by atoms with E-state index in [9.17, 15) is 48.8 Å². The fraction of sp³-hybridized carbons (Fsp3) is 0.792. The van der Waals surface area contributed by atoms with Crippen LogP contribution in [0.25, 0.3) is 0 Å². The van der Waals surface area contributed by atoms with Gasteiger partial charge in [-0.3, -0.25) is 28.7 Å². The monoisotopic (exact) mass is 721 g/mol. The van der Waals surface area contributed by atoms with Crippen molar-refractivity contribution in [3.8, 4) is 0 Å². The Kier molecular flexibility index (Phi) is 20.7. The zero-order valence-electron chi connectivity index (χ0n) is 26.2. The Balaban J connectivity index is 2.47. The van der Waals surface area contributed by atoms with Crippen LogP contribution in [-0.4, -0.2) is 158 Å². The van der Waals surface area contributed by atoms with E-state index in [-0.39, 0.29) is 32.7 Å². The standard InChI is InChI=1S/C24H44N5O18P/c1-14(31)29-19-21(35)20(34)16(11-30)47-22(19)42-7-3-5-25-18(33)10-28-24(37)46-15(13-45-48(39,40)41-2)12-43-23(36)27-9-17(32)26-6-4-8-44-38/h15-16,19-22,30,34-35,38H,3-13H2,1-2H3,(H,25,33)(H,26,32)(H,27,36)(H,28,37)(H,29,31)(H,39,40)/t15?,16-,19-,20+,21-,22-/m1/s1. The summed E-state index contributed by atoms with van der Waals surface area (Å²) in [4.78, 5) is 72.8. The summed E-state index contributed by atoms with van der Waals surface area (Å²) < 4.78 is 41.3. The second-order valence-electron chi connectivity index (χ2n) is 9.82. The Labute approximate surface area is 274 Å². The van der Waals surface area contributed by atoms with Gasteiger partial charge in [0.05, 0.1) is 39.5 Å². The molecule has 1 saturated heterocycles. The fourth-order valence-electron chi connectivity index (χ4n) is 3.67. The lowest BCUT2D eigenvalue weighted by Gasteiger charge is -2.42. The molecule has 0 saturated carbocycles. The highest BCUT2D eigenvalue weighted by Gasteiger charge is 2.45. The summed E-state index contributed by atoms with van der Waals surface area (Å²) in [6.45, 7) is -1.82. The molecule has 5 amide bonds. The molecule has 10 N–H and O–H groups in total. The number of amides is 5. The van der Waals surface area contributed by atoms with Gasteiger partial charge in [-0.25, -0.2) is 19.0 Å². The van der Waals surface area contributed by atoms with Crippen molar-refractivity contribution in [2.24, 2.45) is 0 Å². The van der Waals surface area contributed by atoms with Gasteiger partial charge in [0.15, 0.2) is 12.4 Å². The smallest absolute Gasteiger partial charge is 0.446 e. The molecule has 0 aromatic carbocycles. The van der Waals surface area contributed by atoms with Crippen LogP contribution >= 0.6 is 7.82 Å². The quantitative estimate of drug-likeness (QED) is 0.0221. The van der Waals surface area contributed by atoms with Gasteiger partial charge in [0, 0.05) is 27.1 Å². The largest absolute Gasteiger partial charge is 0.472 e. The van der Waals surface area contributed by atoms with Crippen molar-refractivity contribution < 1.29 is 86.9 Å². The molecule has 1 fully saturated rings. The Bertz CT molecular complexity index is 1070. The molecule has 2 unspecified atom stereocenters. The third kappa shape index (κ3) is 17.8. The predicted octanol–water partition coefficient (Wildman–Crippen LogP) is -3.97. The second kappa shape index (κ2) is 23.2. The molecule has 278 valence electrons. The SMILES string of the molecule is COP(=O)(O)OCC(COC(=O)NCC(=O)NCCCOO)OC(=O)NCC(=O)NCCCO[C@@H]1O[C@H](CO)[C@H](O)[C@H](O)[C@H]1NC(C)=O. The molecule has 48 heavy (non-hydrogen) atoms. The van der Waals surface area contributed by atoms with Crippen LogP contribution in [0.4, 0.5) is 9.59 Å². The van der Waals surface area contributed by atoms with Gasteiger partial charge in [0.2, 0.25) is 17.7 Å². The van der Waals surface area contributed by atoms with E-state index in [4.69, 9.17) is 24.2 Å². The number of hydrogen-bond acceptors (Lipinski definition) is 17. The van der Waals surface area contributed by atoms with Gasteiger partial charge in [0.25, 0.3) is 0 Å². The highest BCUT2D eigenvalue weighted by Crippen LogP contribution is 2.42. The van der Waals surface area contributed by atoms with Crippen LogP contribution < -0.4 is 26.6 Å². The topological polar surface area (TPSA) is 328 Å². The Morgan fingerprint density at radius 1 is 0.896 bits per heavy atom. The van der Waals surface area contributed by atoms with Crippen molar-refractivity contribution in [3.05, 3.63) is 0 Å². The summed E-state index contributed by atoms with van der Waals surface area (Å²) in [7, 11) is -3.64. The second-order valence-corrected chi connectivity index (χ2v) is 11.4. The van der Waals surface area contributed by atoms with Crippen LogP contribution in [0.3, 0.4) is 0 Å². The first-order valence-corrected chi connectivity index (χ1v) is 15.9. The lowest BCUT2D eigenvalue weighted by molar-refractivity contribution is -0.270. The molecular formula is C24H44N5O18P. The number of aliphatic hydroxyl groups excluding tert-OH is 3. The molecule has 24 heteroatoms. The maximum atomic E-state index is 12.2. The van der Waals surface area contributed by atoms with Gasteiger partial charge in [-0.05, 0) is 12.8 Å². The molecule has 1 heterocycles. The van der Waals surface area contributed by atoms with Crippen molar-refractivity contribution in [1.82, 2.24) is 26.6 Å². The Morgan fingerprint density at radius 2 is 1.50 bits per heavy atom. The summed E-state index contributed by atoms with van der Waals surface area (Å²) in [6, 6.07) is -1.13. The van der Waals surface area contributed by atoms with Crippen molar-refractivity contribution in [2.45, 2.75) is 56.5 Å². The number of hydrogen-bond donors (Lipinski definition) is 10. The molecular weight excluding hydrogens is 677 g/mol. The fourth-order valence-corrected chi connectivity index (χ4v) is 4.13. The number of carbonyl (C=O) groups is 5. The number of alkyl carbamates (subject to hydrolysis) is 2. The van der Waals surface area contributed by atoms with E-state index >= 15 is 0 Å². The van der Waals surface area contributed by atoms with Gasteiger partial charge in [-0.15, -0.1) is 0 Å². The predicted molar refractivity (Wildman–Crippen MR) is 156 cm³/mol. The minimum atomic E-state index is -4.52. The maximum Gasteiger partial charge on any atom is 0.472 e. The number of ether oxygens (including phenoxy) is 4. The van der Waals surface area contributed by atoms with Crippen LogP contribution in [0.15, 0.2) is 0 Å². The van der Waals surface area contributed by atoms with Crippen LogP contribution in [-0.2, 0) is 51.8 Å². The number of rotatable bonds is 22. The third-order valence-corrected chi connectivity index (χ3v) is 6.96. The molecule has 0 aromatic heterocycles. The normalized spacial score (nSPS) is 22.4. The molecule has 1 aliphatic heterocycles. The first kappa shape index (κ1) is 42.8. The van der Waals surface area contributed by atoms with E-state index in [0.717, 1.165) is 7.11 Å². The van der Waals surface area contributed by atoms with Gasteiger partial charge in [0.1, 0.15) is 31.0 Å². The van der Waals surface area contributed by atoms with E-state index in [0.29, 0.717) is 6.42 Å². The summed E-state index contributed by atoms with van der Waals surface area (Å²) in [5.74, 6) is -1.77. The molecule has 1 aliphatic rings. The molecule has 0 aromatic rings. The molecule has 0 radical (unpaired) electrons. The first-order valence-electron chi connectivity index (χ1n) is 14.4. The Hall–Kier alpha value is -3.22. The molecule has 23 nitrogen and oxygen atoms in total. The lowest BCUT2D eigenvalue weighted by atomic mass is 9.97. The molecule has 0 aliphatic carbocycles. The number of carbonyl (C=O) groups excluding carboxylic acids is 5. The summed E-state index contributed by atoms with van der Waals surface area (Å²) in [5, 5.41) is 49.5. The Morgan fingerprint density at radius 3 is 2.06 bits per heavy atom.